The summed E-state index contributed by atoms with van der Waals surface area (Å²) in [6.45, 7) is 2.45. The number of rotatable bonds is 2. The van der Waals surface area contributed by atoms with Crippen molar-refractivity contribution in [2.24, 2.45) is 4.99 Å². The smallest absolute Gasteiger partial charge is 0.272 e. The standard InChI is InChI=1S/C13H11N3O2S/c1-2-16-12(17)10(18-13(16)19)6-8-7-15-11-9(8)4-3-5-14-11/h3-7,17H,2H2,1H3. The van der Waals surface area contributed by atoms with E-state index in [1.807, 2.05) is 19.1 Å². The third kappa shape index (κ3) is 1.90. The van der Waals surface area contributed by atoms with Gasteiger partial charge in [-0.25, -0.2) is 9.98 Å². The van der Waals surface area contributed by atoms with Crippen LogP contribution in [0.15, 0.2) is 27.7 Å². The minimum Gasteiger partial charge on any atom is -0.492 e. The molecule has 19 heavy (non-hydrogen) atoms. The Morgan fingerprint density at radius 3 is 3.11 bits per heavy atom. The number of aliphatic imine (C=N–C) groups is 1. The van der Waals surface area contributed by atoms with Gasteiger partial charge in [0.05, 0.1) is 0 Å². The van der Waals surface area contributed by atoms with Gasteiger partial charge in [-0.1, -0.05) is 0 Å². The van der Waals surface area contributed by atoms with E-state index >= 15 is 0 Å². The first kappa shape index (κ1) is 11.9. The molecule has 0 bridgehead atoms. The van der Waals surface area contributed by atoms with Gasteiger partial charge < -0.3 is 9.52 Å². The Kier molecular flexibility index (Phi) is 2.79. The van der Waals surface area contributed by atoms with Gasteiger partial charge in [0.25, 0.3) is 4.84 Å². The van der Waals surface area contributed by atoms with E-state index in [0.717, 1.165) is 11.1 Å². The first-order valence-electron chi connectivity index (χ1n) is 5.84. The Balaban J connectivity index is 2.10. The van der Waals surface area contributed by atoms with E-state index in [1.54, 1.807) is 18.5 Å². The van der Waals surface area contributed by atoms with Crippen LogP contribution in [0.3, 0.4) is 0 Å². The summed E-state index contributed by atoms with van der Waals surface area (Å²) in [5.41, 5.74) is 1.75. The molecule has 2 aromatic heterocycles. The lowest BCUT2D eigenvalue weighted by atomic mass is 10.1. The highest BCUT2D eigenvalue weighted by molar-refractivity contribution is 7.71. The lowest BCUT2D eigenvalue weighted by Crippen LogP contribution is -1.91. The zero-order valence-corrected chi connectivity index (χ0v) is 11.0. The average Bonchev–Trinajstić information content (AvgIpc) is 2.93. The van der Waals surface area contributed by atoms with Crippen molar-refractivity contribution in [2.45, 2.75) is 13.5 Å². The lowest BCUT2D eigenvalue weighted by Gasteiger charge is -1.98. The molecule has 1 N–H and O–H groups in total. The van der Waals surface area contributed by atoms with Crippen molar-refractivity contribution in [2.75, 3.05) is 0 Å². The Bertz CT molecular complexity index is 755. The van der Waals surface area contributed by atoms with Crippen molar-refractivity contribution in [1.82, 2.24) is 9.55 Å². The van der Waals surface area contributed by atoms with Gasteiger partial charge in [-0.05, 0) is 37.4 Å². The molecule has 0 amide bonds. The van der Waals surface area contributed by atoms with E-state index in [9.17, 15) is 5.11 Å². The van der Waals surface area contributed by atoms with Crippen molar-refractivity contribution in [3.63, 3.8) is 0 Å². The summed E-state index contributed by atoms with van der Waals surface area (Å²) in [5, 5.41) is 10.0. The van der Waals surface area contributed by atoms with Gasteiger partial charge in [0, 0.05) is 30.1 Å². The molecule has 0 aromatic carbocycles. The van der Waals surface area contributed by atoms with Gasteiger partial charge in [0.2, 0.25) is 5.88 Å². The molecule has 96 valence electrons. The van der Waals surface area contributed by atoms with Crippen molar-refractivity contribution in [3.05, 3.63) is 34.5 Å². The summed E-state index contributed by atoms with van der Waals surface area (Å²) >= 11 is 5.04. The molecule has 1 aliphatic heterocycles. The third-order valence-electron chi connectivity index (χ3n) is 2.92. The molecule has 2 aromatic rings. The summed E-state index contributed by atoms with van der Waals surface area (Å²) in [7, 11) is 0. The normalized spacial score (nSPS) is 15.1. The number of oxazole rings is 1. The second-order valence-electron chi connectivity index (χ2n) is 4.03. The van der Waals surface area contributed by atoms with Crippen LogP contribution in [0, 0.1) is 4.84 Å². The minimum atomic E-state index is 0.0331. The predicted octanol–water partition coefficient (Wildman–Crippen LogP) is 3.19. The first-order chi connectivity index (χ1) is 9.20. The monoisotopic (exact) mass is 273 g/mol. The second-order valence-corrected chi connectivity index (χ2v) is 4.38. The highest BCUT2D eigenvalue weighted by Gasteiger charge is 2.16. The Hall–Kier alpha value is -2.21. The van der Waals surface area contributed by atoms with E-state index in [1.165, 1.54) is 4.57 Å². The van der Waals surface area contributed by atoms with Crippen LogP contribution in [0.2, 0.25) is 0 Å². The number of hydrogen-bond acceptors (Lipinski definition) is 5. The lowest BCUT2D eigenvalue weighted by molar-refractivity contribution is 0.419. The van der Waals surface area contributed by atoms with Gasteiger partial charge in [-0.3, -0.25) is 4.57 Å². The number of aromatic nitrogens is 2. The summed E-state index contributed by atoms with van der Waals surface area (Å²) in [6.07, 6.45) is 5.10. The van der Waals surface area contributed by atoms with Crippen LogP contribution in [-0.2, 0) is 6.54 Å². The van der Waals surface area contributed by atoms with Crippen LogP contribution in [0.5, 0.6) is 5.88 Å². The molecule has 5 nitrogen and oxygen atoms in total. The molecule has 0 unspecified atom stereocenters. The molecule has 0 saturated carbocycles. The summed E-state index contributed by atoms with van der Waals surface area (Å²) in [4.78, 5) is 8.61. The number of fused-ring (bicyclic) bond motifs is 1. The number of pyridine rings is 1. The fraction of sp³-hybridized carbons (Fsp3) is 0.154. The zero-order chi connectivity index (χ0) is 13.4. The van der Waals surface area contributed by atoms with Gasteiger partial charge in [-0.15, -0.1) is 0 Å². The maximum Gasteiger partial charge on any atom is 0.272 e. The molecule has 0 radical (unpaired) electrons. The van der Waals surface area contributed by atoms with Crippen LogP contribution >= 0.6 is 12.2 Å². The van der Waals surface area contributed by atoms with Crippen molar-refractivity contribution >= 4 is 35.9 Å². The number of allylic oxidation sites excluding steroid dienone is 1. The first-order valence-corrected chi connectivity index (χ1v) is 6.25. The second kappa shape index (κ2) is 4.47. The highest BCUT2D eigenvalue weighted by atomic mass is 32.1. The molecule has 3 rings (SSSR count). The molecule has 0 aliphatic carbocycles. The van der Waals surface area contributed by atoms with Crippen LogP contribution in [0.25, 0.3) is 11.6 Å². The summed E-state index contributed by atoms with van der Waals surface area (Å²) in [6, 6.07) is 3.76. The van der Waals surface area contributed by atoms with E-state index in [-0.39, 0.29) is 10.7 Å². The maximum atomic E-state index is 10.0. The largest absolute Gasteiger partial charge is 0.492 e. The average molecular weight is 273 g/mol. The topological polar surface area (TPSA) is 63.5 Å². The summed E-state index contributed by atoms with van der Waals surface area (Å²) in [5.74, 6) is 1.04. The number of nitrogens with zero attached hydrogens (tertiary/aromatic N) is 3. The molecular weight excluding hydrogens is 262 g/mol. The van der Waals surface area contributed by atoms with Crippen molar-refractivity contribution < 1.29 is 9.52 Å². The maximum absolute atomic E-state index is 10.0. The van der Waals surface area contributed by atoms with E-state index < -0.39 is 0 Å². The van der Waals surface area contributed by atoms with Crippen molar-refractivity contribution in [1.29, 1.82) is 0 Å². The van der Waals surface area contributed by atoms with Gasteiger partial charge in [0.1, 0.15) is 0 Å². The van der Waals surface area contributed by atoms with E-state index in [2.05, 4.69) is 9.98 Å². The molecule has 0 atom stereocenters. The van der Waals surface area contributed by atoms with Gasteiger partial charge in [0.15, 0.2) is 11.6 Å². The predicted molar refractivity (Wildman–Crippen MR) is 75.1 cm³/mol. The van der Waals surface area contributed by atoms with Crippen molar-refractivity contribution in [3.8, 4) is 5.88 Å². The minimum absolute atomic E-state index is 0.0331. The van der Waals surface area contributed by atoms with Crippen LogP contribution in [0.4, 0.5) is 5.82 Å². The quantitative estimate of drug-likeness (QED) is 0.853. The van der Waals surface area contributed by atoms with Crippen LogP contribution in [0.1, 0.15) is 18.2 Å². The molecule has 0 saturated heterocycles. The SMILES string of the molecule is CCn1c(O)c(C=C2C=Nc3ncccc32)oc1=S. The van der Waals surface area contributed by atoms with Gasteiger partial charge >= 0.3 is 0 Å². The third-order valence-corrected chi connectivity index (χ3v) is 3.22. The number of aromatic hydroxyl groups is 1. The Morgan fingerprint density at radius 2 is 2.37 bits per heavy atom. The molecular formula is C13H11N3O2S. The zero-order valence-electron chi connectivity index (χ0n) is 10.2. The van der Waals surface area contributed by atoms with Gasteiger partial charge in [-0.2, -0.15) is 0 Å². The Labute approximate surface area is 114 Å². The molecule has 0 fully saturated rings. The fourth-order valence-electron chi connectivity index (χ4n) is 1.97. The molecule has 1 aliphatic rings. The highest BCUT2D eigenvalue weighted by Crippen LogP contribution is 2.32. The number of hydrogen-bond donors (Lipinski definition) is 1. The van der Waals surface area contributed by atoms with E-state index in [0.29, 0.717) is 18.1 Å². The molecule has 0 spiro atoms. The fourth-order valence-corrected chi connectivity index (χ4v) is 2.27. The molecule has 3 heterocycles. The van der Waals surface area contributed by atoms with Crippen LogP contribution in [-0.4, -0.2) is 20.9 Å². The molecule has 6 heteroatoms. The van der Waals surface area contributed by atoms with E-state index in [4.69, 9.17) is 16.6 Å². The van der Waals surface area contributed by atoms with Crippen LogP contribution < -0.4 is 0 Å². The summed E-state index contributed by atoms with van der Waals surface area (Å²) < 4.78 is 6.91. The Morgan fingerprint density at radius 1 is 1.53 bits per heavy atom.